The lowest BCUT2D eigenvalue weighted by atomic mass is 10.2. The molecule has 0 saturated carbocycles. The van der Waals surface area contributed by atoms with Gasteiger partial charge in [-0.1, -0.05) is 34.8 Å². The molecule has 120 valence electrons. The summed E-state index contributed by atoms with van der Waals surface area (Å²) in [5.41, 5.74) is -0.106. The number of aromatic hydroxyl groups is 1. The lowest BCUT2D eigenvalue weighted by Crippen LogP contribution is -2.19. The van der Waals surface area contributed by atoms with Crippen molar-refractivity contribution in [2.75, 3.05) is 10.6 Å². The fraction of sp³-hybridized carbons (Fsp3) is 0. The van der Waals surface area contributed by atoms with Gasteiger partial charge in [-0.25, -0.2) is 4.79 Å². The molecule has 7 nitrogen and oxygen atoms in total. The standard InChI is InChI=1S/C13H8Cl3N3O4/c14-7-4-9(16)11(5-8(7)15)18-13(21)17-10-2-1-6(19(22)23)3-12(10)20/h1-5,20H,(H2,17,18,21). The molecular weight excluding hydrogens is 369 g/mol. The number of phenols is 1. The quantitative estimate of drug-likeness (QED) is 0.306. The van der Waals surface area contributed by atoms with Crippen LogP contribution in [0.2, 0.25) is 15.1 Å². The van der Waals surface area contributed by atoms with Crippen LogP contribution in [0, 0.1) is 10.1 Å². The third-order valence-electron chi connectivity index (χ3n) is 2.70. The van der Waals surface area contributed by atoms with E-state index in [9.17, 15) is 20.0 Å². The molecule has 0 heterocycles. The number of non-ortho nitro benzene ring substituents is 1. The first-order chi connectivity index (χ1) is 10.8. The van der Waals surface area contributed by atoms with Crippen molar-refractivity contribution in [3.8, 4) is 5.75 Å². The Morgan fingerprint density at radius 2 is 1.61 bits per heavy atom. The van der Waals surface area contributed by atoms with Crippen molar-refractivity contribution in [3.05, 3.63) is 55.5 Å². The fourth-order valence-electron chi connectivity index (χ4n) is 1.63. The van der Waals surface area contributed by atoms with Crippen LogP contribution in [0.4, 0.5) is 21.9 Å². The van der Waals surface area contributed by atoms with Gasteiger partial charge in [-0.3, -0.25) is 10.1 Å². The minimum atomic E-state index is -0.727. The first-order valence-corrected chi connectivity index (χ1v) is 7.11. The number of halogens is 3. The summed E-state index contributed by atoms with van der Waals surface area (Å²) in [5, 5.41) is 25.6. The number of anilines is 2. The summed E-state index contributed by atoms with van der Waals surface area (Å²) in [4.78, 5) is 21.8. The molecule has 0 radical (unpaired) electrons. The van der Waals surface area contributed by atoms with Crippen molar-refractivity contribution in [2.45, 2.75) is 0 Å². The molecule has 2 amide bonds. The van der Waals surface area contributed by atoms with E-state index in [4.69, 9.17) is 34.8 Å². The Hall–Kier alpha value is -2.22. The summed E-state index contributed by atoms with van der Waals surface area (Å²) >= 11 is 17.5. The van der Waals surface area contributed by atoms with Crippen molar-refractivity contribution < 1.29 is 14.8 Å². The number of rotatable bonds is 3. The second-order valence-electron chi connectivity index (χ2n) is 4.28. The third-order valence-corrected chi connectivity index (χ3v) is 3.73. The molecule has 2 rings (SSSR count). The average molecular weight is 377 g/mol. The van der Waals surface area contributed by atoms with Gasteiger partial charge in [0.15, 0.2) is 0 Å². The topological polar surface area (TPSA) is 104 Å². The third kappa shape index (κ3) is 4.16. The zero-order valence-corrected chi connectivity index (χ0v) is 13.4. The molecule has 0 fully saturated rings. The molecule has 0 aliphatic rings. The fourth-order valence-corrected chi connectivity index (χ4v) is 2.23. The number of carbonyl (C=O) groups is 1. The van der Waals surface area contributed by atoms with Crippen molar-refractivity contribution in [1.82, 2.24) is 0 Å². The highest BCUT2D eigenvalue weighted by Crippen LogP contribution is 2.33. The number of urea groups is 1. The van der Waals surface area contributed by atoms with E-state index >= 15 is 0 Å². The van der Waals surface area contributed by atoms with Crippen LogP contribution in [-0.2, 0) is 0 Å². The first kappa shape index (κ1) is 17.1. The molecule has 3 N–H and O–H groups in total. The highest BCUT2D eigenvalue weighted by Gasteiger charge is 2.13. The number of nitrogens with one attached hydrogen (secondary N) is 2. The molecule has 0 aliphatic heterocycles. The van der Waals surface area contributed by atoms with Crippen molar-refractivity contribution in [2.24, 2.45) is 0 Å². The Labute approximate surface area is 144 Å². The Morgan fingerprint density at radius 3 is 2.22 bits per heavy atom. The minimum Gasteiger partial charge on any atom is -0.506 e. The second-order valence-corrected chi connectivity index (χ2v) is 5.51. The molecule has 2 aromatic carbocycles. The van der Waals surface area contributed by atoms with Gasteiger partial charge in [0.25, 0.3) is 5.69 Å². The summed E-state index contributed by atoms with van der Waals surface area (Å²) < 4.78 is 0. The lowest BCUT2D eigenvalue weighted by molar-refractivity contribution is -0.384. The van der Waals surface area contributed by atoms with Gasteiger partial charge >= 0.3 is 6.03 Å². The van der Waals surface area contributed by atoms with E-state index in [1.165, 1.54) is 18.2 Å². The van der Waals surface area contributed by atoms with E-state index in [0.717, 1.165) is 12.1 Å². The molecule has 23 heavy (non-hydrogen) atoms. The molecule has 0 spiro atoms. The summed E-state index contributed by atoms with van der Waals surface area (Å²) in [7, 11) is 0. The minimum absolute atomic E-state index is 0.00992. The van der Waals surface area contributed by atoms with Crippen molar-refractivity contribution in [1.29, 1.82) is 0 Å². The van der Waals surface area contributed by atoms with E-state index in [1.54, 1.807) is 0 Å². The summed E-state index contributed by atoms with van der Waals surface area (Å²) in [5.74, 6) is -0.449. The van der Waals surface area contributed by atoms with Crippen molar-refractivity contribution >= 4 is 57.9 Å². The van der Waals surface area contributed by atoms with E-state index < -0.39 is 16.7 Å². The molecule has 0 aromatic heterocycles. The Balaban J connectivity index is 2.14. The number of hydrogen-bond donors (Lipinski definition) is 3. The van der Waals surface area contributed by atoms with Crippen LogP contribution in [0.5, 0.6) is 5.75 Å². The zero-order valence-electron chi connectivity index (χ0n) is 11.1. The molecule has 2 aromatic rings. The second kappa shape index (κ2) is 6.91. The van der Waals surface area contributed by atoms with Crippen LogP contribution in [0.3, 0.4) is 0 Å². The lowest BCUT2D eigenvalue weighted by Gasteiger charge is -2.11. The van der Waals surface area contributed by atoms with Gasteiger partial charge in [0.2, 0.25) is 0 Å². The Bertz CT molecular complexity index is 798. The smallest absolute Gasteiger partial charge is 0.323 e. The number of carbonyl (C=O) groups excluding carboxylic acids is 1. The van der Waals surface area contributed by atoms with Gasteiger partial charge < -0.3 is 15.7 Å². The van der Waals surface area contributed by atoms with Gasteiger partial charge in [0.05, 0.1) is 37.4 Å². The van der Waals surface area contributed by atoms with E-state index in [0.29, 0.717) is 0 Å². The van der Waals surface area contributed by atoms with E-state index in [2.05, 4.69) is 10.6 Å². The SMILES string of the molecule is O=C(Nc1ccc([N+](=O)[O-])cc1O)Nc1cc(Cl)c(Cl)cc1Cl. The predicted octanol–water partition coefficient (Wildman–Crippen LogP) is 4.90. The molecule has 0 atom stereocenters. The van der Waals surface area contributed by atoms with Crippen LogP contribution in [0.1, 0.15) is 0 Å². The molecule has 10 heteroatoms. The molecule has 0 saturated heterocycles. The van der Waals surface area contributed by atoms with Gasteiger partial charge in [0.1, 0.15) is 5.75 Å². The van der Waals surface area contributed by atoms with Gasteiger partial charge in [-0.2, -0.15) is 0 Å². The Morgan fingerprint density at radius 1 is 1.00 bits per heavy atom. The first-order valence-electron chi connectivity index (χ1n) is 5.98. The number of nitrogens with zero attached hydrogens (tertiary/aromatic N) is 1. The maximum absolute atomic E-state index is 11.9. The number of hydrogen-bond acceptors (Lipinski definition) is 4. The van der Waals surface area contributed by atoms with Gasteiger partial charge in [-0.05, 0) is 18.2 Å². The number of nitro benzene ring substituents is 1. The summed E-state index contributed by atoms with van der Waals surface area (Å²) in [6.07, 6.45) is 0. The summed E-state index contributed by atoms with van der Waals surface area (Å²) in [6.45, 7) is 0. The number of amides is 2. The van der Waals surface area contributed by atoms with Crippen LogP contribution in [-0.4, -0.2) is 16.1 Å². The Kier molecular flexibility index (Phi) is 5.15. The number of benzene rings is 2. The van der Waals surface area contributed by atoms with Crippen LogP contribution < -0.4 is 10.6 Å². The highest BCUT2D eigenvalue weighted by molar-refractivity contribution is 6.44. The maximum Gasteiger partial charge on any atom is 0.323 e. The largest absolute Gasteiger partial charge is 0.506 e. The summed E-state index contributed by atoms with van der Waals surface area (Å²) in [6, 6.07) is 5.26. The number of phenolic OH excluding ortho intramolecular Hbond substituents is 1. The van der Waals surface area contributed by atoms with Crippen molar-refractivity contribution in [3.63, 3.8) is 0 Å². The highest BCUT2D eigenvalue weighted by atomic mass is 35.5. The zero-order chi connectivity index (χ0) is 17.1. The van der Waals surface area contributed by atoms with Crippen LogP contribution >= 0.6 is 34.8 Å². The molecular formula is C13H8Cl3N3O4. The predicted molar refractivity (Wildman–Crippen MR) is 88.9 cm³/mol. The normalized spacial score (nSPS) is 10.2. The van der Waals surface area contributed by atoms with E-state index in [-0.39, 0.29) is 32.1 Å². The average Bonchev–Trinajstić information content (AvgIpc) is 2.46. The van der Waals surface area contributed by atoms with Crippen LogP contribution in [0.25, 0.3) is 0 Å². The molecule has 0 unspecified atom stereocenters. The molecule has 0 bridgehead atoms. The maximum atomic E-state index is 11.9. The monoisotopic (exact) mass is 375 g/mol. The molecule has 0 aliphatic carbocycles. The van der Waals surface area contributed by atoms with Gasteiger partial charge in [0, 0.05) is 6.07 Å². The van der Waals surface area contributed by atoms with E-state index in [1.807, 2.05) is 0 Å². The van der Waals surface area contributed by atoms with Crippen LogP contribution in [0.15, 0.2) is 30.3 Å². The number of nitro groups is 1. The van der Waals surface area contributed by atoms with Gasteiger partial charge in [-0.15, -0.1) is 0 Å².